The van der Waals surface area contributed by atoms with Gasteiger partial charge >= 0.3 is 0 Å². The number of hydrogen-bond donors (Lipinski definition) is 1. The molecule has 1 atom stereocenters. The molecule has 0 spiro atoms. The Balaban J connectivity index is 2.15. The van der Waals surface area contributed by atoms with E-state index in [1.807, 2.05) is 0 Å². The van der Waals surface area contributed by atoms with Gasteiger partial charge in [-0.1, -0.05) is 0 Å². The van der Waals surface area contributed by atoms with Crippen molar-refractivity contribution in [1.82, 2.24) is 4.90 Å². The van der Waals surface area contributed by atoms with Crippen LogP contribution in [0, 0.1) is 5.92 Å². The molecule has 0 saturated carbocycles. The fourth-order valence-electron chi connectivity index (χ4n) is 1.42. The Kier molecular flexibility index (Phi) is 3.09. The lowest BCUT2D eigenvalue weighted by atomic mass is 10.1. The van der Waals surface area contributed by atoms with Crippen molar-refractivity contribution in [3.05, 3.63) is 0 Å². The SMILES string of the molecule is NCCN1CC[C@H](CF)C1. The summed E-state index contributed by atoms with van der Waals surface area (Å²) < 4.78 is 12.1. The minimum Gasteiger partial charge on any atom is -0.329 e. The van der Waals surface area contributed by atoms with E-state index in [4.69, 9.17) is 5.73 Å². The van der Waals surface area contributed by atoms with Crippen molar-refractivity contribution in [2.45, 2.75) is 6.42 Å². The molecule has 0 aromatic rings. The van der Waals surface area contributed by atoms with Gasteiger partial charge < -0.3 is 10.6 Å². The van der Waals surface area contributed by atoms with Gasteiger partial charge in [-0.15, -0.1) is 0 Å². The first-order valence-corrected chi connectivity index (χ1v) is 3.85. The molecule has 1 heterocycles. The third-order valence-corrected chi connectivity index (χ3v) is 2.03. The molecular weight excluding hydrogens is 131 g/mol. The van der Waals surface area contributed by atoms with Crippen LogP contribution in [0.3, 0.4) is 0 Å². The molecule has 60 valence electrons. The maximum absolute atomic E-state index is 12.1. The summed E-state index contributed by atoms with van der Waals surface area (Å²) in [6, 6.07) is 0. The summed E-state index contributed by atoms with van der Waals surface area (Å²) in [6.45, 7) is 3.40. The fourth-order valence-corrected chi connectivity index (χ4v) is 1.42. The summed E-state index contributed by atoms with van der Waals surface area (Å²) in [5.74, 6) is 0.284. The molecule has 2 nitrogen and oxygen atoms in total. The zero-order chi connectivity index (χ0) is 7.40. The van der Waals surface area contributed by atoms with Gasteiger partial charge in [-0.2, -0.15) is 0 Å². The predicted octanol–water partition coefficient (Wildman–Crippen LogP) is 0.236. The zero-order valence-electron chi connectivity index (χ0n) is 6.22. The highest BCUT2D eigenvalue weighted by molar-refractivity contribution is 4.74. The maximum Gasteiger partial charge on any atom is 0.0935 e. The van der Waals surface area contributed by atoms with E-state index in [1.165, 1.54) is 0 Å². The molecule has 1 saturated heterocycles. The maximum atomic E-state index is 12.1. The van der Waals surface area contributed by atoms with Crippen molar-refractivity contribution >= 4 is 0 Å². The van der Waals surface area contributed by atoms with Crippen LogP contribution in [0.15, 0.2) is 0 Å². The first-order chi connectivity index (χ1) is 4.86. The van der Waals surface area contributed by atoms with Crippen molar-refractivity contribution in [3.63, 3.8) is 0 Å². The van der Waals surface area contributed by atoms with Crippen LogP contribution in [0.2, 0.25) is 0 Å². The van der Waals surface area contributed by atoms with E-state index in [2.05, 4.69) is 4.90 Å². The number of halogens is 1. The Morgan fingerprint density at radius 1 is 1.60 bits per heavy atom. The summed E-state index contributed by atoms with van der Waals surface area (Å²) >= 11 is 0. The Hall–Kier alpha value is -0.150. The van der Waals surface area contributed by atoms with E-state index in [1.54, 1.807) is 0 Å². The van der Waals surface area contributed by atoms with E-state index in [9.17, 15) is 4.39 Å². The van der Waals surface area contributed by atoms with E-state index >= 15 is 0 Å². The van der Waals surface area contributed by atoms with Crippen molar-refractivity contribution in [3.8, 4) is 0 Å². The molecule has 1 aliphatic heterocycles. The van der Waals surface area contributed by atoms with Gasteiger partial charge in [0.2, 0.25) is 0 Å². The highest BCUT2D eigenvalue weighted by atomic mass is 19.1. The van der Waals surface area contributed by atoms with Gasteiger partial charge in [-0.25, -0.2) is 0 Å². The zero-order valence-corrected chi connectivity index (χ0v) is 6.22. The molecule has 2 N–H and O–H groups in total. The first kappa shape index (κ1) is 7.95. The highest BCUT2D eigenvalue weighted by Crippen LogP contribution is 2.15. The Morgan fingerprint density at radius 3 is 2.90 bits per heavy atom. The molecule has 0 aromatic carbocycles. The lowest BCUT2D eigenvalue weighted by molar-refractivity contribution is 0.309. The Labute approximate surface area is 61.2 Å². The van der Waals surface area contributed by atoms with Crippen LogP contribution in [0.4, 0.5) is 4.39 Å². The molecule has 0 radical (unpaired) electrons. The van der Waals surface area contributed by atoms with Crippen LogP contribution >= 0.6 is 0 Å². The molecule has 1 aliphatic rings. The largest absolute Gasteiger partial charge is 0.329 e. The van der Waals surface area contributed by atoms with Gasteiger partial charge in [-0.3, -0.25) is 4.39 Å². The second-order valence-electron chi connectivity index (χ2n) is 2.90. The smallest absolute Gasteiger partial charge is 0.0935 e. The van der Waals surface area contributed by atoms with Crippen LogP contribution in [0.5, 0.6) is 0 Å². The van der Waals surface area contributed by atoms with Crippen LogP contribution in [-0.4, -0.2) is 37.8 Å². The van der Waals surface area contributed by atoms with Gasteiger partial charge in [0.1, 0.15) is 0 Å². The Morgan fingerprint density at radius 2 is 2.40 bits per heavy atom. The van der Waals surface area contributed by atoms with Gasteiger partial charge in [0.15, 0.2) is 0 Å². The van der Waals surface area contributed by atoms with E-state index in [0.717, 1.165) is 26.1 Å². The van der Waals surface area contributed by atoms with Crippen molar-refractivity contribution in [2.24, 2.45) is 11.7 Å². The standard InChI is InChI=1S/C7H15FN2/c8-5-7-1-3-10(6-7)4-2-9/h7H,1-6,9H2/t7-/m1/s1. The van der Waals surface area contributed by atoms with E-state index in [0.29, 0.717) is 6.54 Å². The lowest BCUT2D eigenvalue weighted by Gasteiger charge is -2.12. The fraction of sp³-hybridized carbons (Fsp3) is 1.00. The summed E-state index contributed by atoms with van der Waals surface area (Å²) in [5, 5.41) is 0. The highest BCUT2D eigenvalue weighted by Gasteiger charge is 2.20. The number of hydrogen-bond acceptors (Lipinski definition) is 2. The topological polar surface area (TPSA) is 29.3 Å². The molecule has 10 heavy (non-hydrogen) atoms. The van der Waals surface area contributed by atoms with Gasteiger partial charge in [0.25, 0.3) is 0 Å². The number of nitrogens with zero attached hydrogens (tertiary/aromatic N) is 1. The van der Waals surface area contributed by atoms with Crippen LogP contribution < -0.4 is 5.73 Å². The quantitative estimate of drug-likeness (QED) is 0.618. The average Bonchev–Trinajstić information content (AvgIpc) is 2.37. The van der Waals surface area contributed by atoms with Crippen molar-refractivity contribution < 1.29 is 4.39 Å². The molecule has 0 aromatic heterocycles. The van der Waals surface area contributed by atoms with Crippen molar-refractivity contribution in [1.29, 1.82) is 0 Å². The summed E-state index contributed by atoms with van der Waals surface area (Å²) in [4.78, 5) is 2.23. The van der Waals surface area contributed by atoms with Crippen LogP contribution in [0.1, 0.15) is 6.42 Å². The average molecular weight is 146 g/mol. The van der Waals surface area contributed by atoms with Crippen LogP contribution in [-0.2, 0) is 0 Å². The predicted molar refractivity (Wildman–Crippen MR) is 39.6 cm³/mol. The van der Waals surface area contributed by atoms with Gasteiger partial charge in [-0.05, 0) is 13.0 Å². The van der Waals surface area contributed by atoms with Gasteiger partial charge in [0.05, 0.1) is 6.67 Å². The number of likely N-dealkylation sites (tertiary alicyclic amines) is 1. The summed E-state index contributed by atoms with van der Waals surface area (Å²) in [5.41, 5.74) is 5.36. The monoisotopic (exact) mass is 146 g/mol. The molecule has 1 rings (SSSR count). The van der Waals surface area contributed by atoms with E-state index in [-0.39, 0.29) is 12.6 Å². The summed E-state index contributed by atoms with van der Waals surface area (Å²) in [6.07, 6.45) is 1.01. The van der Waals surface area contributed by atoms with E-state index < -0.39 is 0 Å². The molecule has 0 amide bonds. The summed E-state index contributed by atoms with van der Waals surface area (Å²) in [7, 11) is 0. The molecular formula is C7H15FN2. The Bertz CT molecular complexity index is 97.6. The third kappa shape index (κ3) is 1.92. The lowest BCUT2D eigenvalue weighted by Crippen LogP contribution is -2.27. The molecule has 0 aliphatic carbocycles. The molecule has 0 unspecified atom stereocenters. The van der Waals surface area contributed by atoms with Crippen molar-refractivity contribution in [2.75, 3.05) is 32.9 Å². The third-order valence-electron chi connectivity index (χ3n) is 2.03. The minimum absolute atomic E-state index is 0.166. The van der Waals surface area contributed by atoms with Gasteiger partial charge in [0, 0.05) is 25.6 Å². The minimum atomic E-state index is -0.166. The molecule has 3 heteroatoms. The molecule has 0 bridgehead atoms. The normalized spacial score (nSPS) is 27.6. The van der Waals surface area contributed by atoms with Crippen LogP contribution in [0.25, 0.3) is 0 Å². The number of alkyl halides is 1. The second-order valence-corrected chi connectivity index (χ2v) is 2.90. The number of rotatable bonds is 3. The number of nitrogens with two attached hydrogens (primary N) is 1. The molecule has 1 fully saturated rings. The first-order valence-electron chi connectivity index (χ1n) is 3.85. The second kappa shape index (κ2) is 3.88.